The van der Waals surface area contributed by atoms with E-state index < -0.39 is 11.6 Å². The van der Waals surface area contributed by atoms with Gasteiger partial charge in [0.05, 0.1) is 0 Å². The number of nitrogens with one attached hydrogen (secondary N) is 1. The van der Waals surface area contributed by atoms with Gasteiger partial charge in [-0.25, -0.2) is 8.78 Å². The molecule has 2 aromatic rings. The Bertz CT molecular complexity index is 599. The van der Waals surface area contributed by atoms with E-state index >= 15 is 0 Å². The summed E-state index contributed by atoms with van der Waals surface area (Å²) < 4.78 is 32.8. The summed E-state index contributed by atoms with van der Waals surface area (Å²) in [7, 11) is 0. The van der Waals surface area contributed by atoms with Crippen molar-refractivity contribution in [3.63, 3.8) is 0 Å². The third-order valence-electron chi connectivity index (χ3n) is 2.91. The Morgan fingerprint density at radius 2 is 1.81 bits per heavy atom. The van der Waals surface area contributed by atoms with Crippen LogP contribution < -0.4 is 10.1 Å². The fourth-order valence-electron chi connectivity index (χ4n) is 1.90. The molecule has 0 fully saturated rings. The fraction of sp³-hybridized carbons (Fsp3) is 0.250. The van der Waals surface area contributed by atoms with E-state index in [-0.39, 0.29) is 6.61 Å². The molecule has 2 nitrogen and oxygen atoms in total. The van der Waals surface area contributed by atoms with Crippen LogP contribution in [0.4, 0.5) is 8.78 Å². The first kappa shape index (κ1) is 15.9. The molecule has 0 aliphatic carbocycles. The molecule has 0 heterocycles. The van der Waals surface area contributed by atoms with E-state index in [1.165, 1.54) is 12.1 Å². The van der Waals surface area contributed by atoms with Crippen LogP contribution in [0.15, 0.2) is 40.9 Å². The van der Waals surface area contributed by atoms with Gasteiger partial charge in [0.15, 0.2) is 0 Å². The molecule has 0 unspecified atom stereocenters. The summed E-state index contributed by atoms with van der Waals surface area (Å²) in [6.45, 7) is 3.76. The zero-order chi connectivity index (χ0) is 15.2. The predicted molar refractivity (Wildman–Crippen MR) is 82.2 cm³/mol. The van der Waals surface area contributed by atoms with Crippen molar-refractivity contribution in [2.45, 2.75) is 20.1 Å². The van der Waals surface area contributed by atoms with E-state index in [2.05, 4.69) is 21.2 Å². The van der Waals surface area contributed by atoms with Crippen LogP contribution in [0.5, 0.6) is 5.75 Å². The second kappa shape index (κ2) is 7.52. The van der Waals surface area contributed by atoms with E-state index in [4.69, 9.17) is 4.74 Å². The van der Waals surface area contributed by atoms with Gasteiger partial charge in [0, 0.05) is 17.1 Å². The third kappa shape index (κ3) is 4.79. The van der Waals surface area contributed by atoms with Gasteiger partial charge >= 0.3 is 0 Å². The molecule has 0 bridgehead atoms. The molecule has 0 atom stereocenters. The van der Waals surface area contributed by atoms with Crippen LogP contribution in [0.1, 0.15) is 18.1 Å². The lowest BCUT2D eigenvalue weighted by Crippen LogP contribution is -2.12. The average Bonchev–Trinajstić information content (AvgIpc) is 2.44. The molecule has 2 aromatic carbocycles. The first-order chi connectivity index (χ1) is 10.1. The Morgan fingerprint density at radius 3 is 2.48 bits per heavy atom. The summed E-state index contributed by atoms with van der Waals surface area (Å²) in [5.41, 5.74) is 1.53. The Kier molecular flexibility index (Phi) is 5.70. The molecule has 0 aliphatic heterocycles. The van der Waals surface area contributed by atoms with E-state index in [1.807, 2.05) is 25.1 Å². The highest BCUT2D eigenvalue weighted by atomic mass is 79.9. The van der Waals surface area contributed by atoms with Crippen LogP contribution in [0.3, 0.4) is 0 Å². The van der Waals surface area contributed by atoms with Crippen LogP contribution in [0.25, 0.3) is 0 Å². The largest absolute Gasteiger partial charge is 0.489 e. The maximum atomic E-state index is 13.1. The standard InChI is InChI=1S/C16H16BrF2NO/c1-2-20-9-12-7-15(3-4-16(12)17)21-10-11-5-13(18)8-14(19)6-11/h3-8,20H,2,9-10H2,1H3. The number of halogens is 3. The van der Waals surface area contributed by atoms with Crippen LogP contribution in [0, 0.1) is 11.6 Å². The van der Waals surface area contributed by atoms with Crippen molar-refractivity contribution in [2.75, 3.05) is 6.54 Å². The number of benzene rings is 2. The van der Waals surface area contributed by atoms with Crippen molar-refractivity contribution in [1.82, 2.24) is 5.32 Å². The SMILES string of the molecule is CCNCc1cc(OCc2cc(F)cc(F)c2)ccc1Br. The lowest BCUT2D eigenvalue weighted by Gasteiger charge is -2.10. The van der Waals surface area contributed by atoms with Crippen LogP contribution >= 0.6 is 15.9 Å². The van der Waals surface area contributed by atoms with Crippen molar-refractivity contribution >= 4 is 15.9 Å². The number of hydrogen-bond donors (Lipinski definition) is 1. The van der Waals surface area contributed by atoms with Gasteiger partial charge in [-0.1, -0.05) is 22.9 Å². The zero-order valence-electron chi connectivity index (χ0n) is 11.6. The van der Waals surface area contributed by atoms with Gasteiger partial charge in [-0.3, -0.25) is 0 Å². The van der Waals surface area contributed by atoms with Crippen molar-refractivity contribution in [2.24, 2.45) is 0 Å². The highest BCUT2D eigenvalue weighted by Gasteiger charge is 2.05. The highest BCUT2D eigenvalue weighted by molar-refractivity contribution is 9.10. The molecule has 112 valence electrons. The lowest BCUT2D eigenvalue weighted by molar-refractivity contribution is 0.304. The van der Waals surface area contributed by atoms with Gasteiger partial charge in [-0.05, 0) is 48.0 Å². The molecule has 0 aromatic heterocycles. The second-order valence-electron chi connectivity index (χ2n) is 4.60. The third-order valence-corrected chi connectivity index (χ3v) is 3.68. The number of hydrogen-bond acceptors (Lipinski definition) is 2. The number of ether oxygens (including phenoxy) is 1. The highest BCUT2D eigenvalue weighted by Crippen LogP contribution is 2.23. The first-order valence-corrected chi connectivity index (χ1v) is 7.44. The van der Waals surface area contributed by atoms with E-state index in [0.717, 1.165) is 29.2 Å². The quantitative estimate of drug-likeness (QED) is 0.828. The molecule has 0 radical (unpaired) electrons. The van der Waals surface area contributed by atoms with Gasteiger partial charge < -0.3 is 10.1 Å². The van der Waals surface area contributed by atoms with E-state index in [1.54, 1.807) is 0 Å². The van der Waals surface area contributed by atoms with Crippen molar-refractivity contribution < 1.29 is 13.5 Å². The molecule has 1 N–H and O–H groups in total. The van der Waals surface area contributed by atoms with E-state index in [0.29, 0.717) is 11.3 Å². The maximum absolute atomic E-state index is 13.1. The molecule has 2 rings (SSSR count). The maximum Gasteiger partial charge on any atom is 0.126 e. The Labute approximate surface area is 131 Å². The summed E-state index contributed by atoms with van der Waals surface area (Å²) in [6.07, 6.45) is 0. The van der Waals surface area contributed by atoms with Gasteiger partial charge in [-0.2, -0.15) is 0 Å². The average molecular weight is 356 g/mol. The number of rotatable bonds is 6. The minimum Gasteiger partial charge on any atom is -0.489 e. The predicted octanol–water partition coefficient (Wildman–Crippen LogP) is 4.42. The molecular weight excluding hydrogens is 340 g/mol. The van der Waals surface area contributed by atoms with Gasteiger partial charge in [0.25, 0.3) is 0 Å². The fourth-order valence-corrected chi connectivity index (χ4v) is 2.28. The minimum atomic E-state index is -0.600. The molecule has 0 spiro atoms. The van der Waals surface area contributed by atoms with E-state index in [9.17, 15) is 8.78 Å². The molecule has 5 heteroatoms. The minimum absolute atomic E-state index is 0.122. The normalized spacial score (nSPS) is 10.7. The Hall–Kier alpha value is -1.46. The van der Waals surface area contributed by atoms with Crippen molar-refractivity contribution in [3.8, 4) is 5.75 Å². The summed E-state index contributed by atoms with van der Waals surface area (Å²) in [6, 6.07) is 8.99. The van der Waals surface area contributed by atoms with Crippen LogP contribution in [-0.4, -0.2) is 6.54 Å². The molecule has 0 saturated heterocycles. The smallest absolute Gasteiger partial charge is 0.126 e. The molecular formula is C16H16BrF2NO. The lowest BCUT2D eigenvalue weighted by atomic mass is 10.2. The summed E-state index contributed by atoms with van der Waals surface area (Å²) in [5, 5.41) is 3.24. The van der Waals surface area contributed by atoms with Gasteiger partial charge in [-0.15, -0.1) is 0 Å². The molecule has 0 saturated carbocycles. The Balaban J connectivity index is 2.05. The zero-order valence-corrected chi connectivity index (χ0v) is 13.2. The summed E-state index contributed by atoms with van der Waals surface area (Å²) in [4.78, 5) is 0. The molecule has 0 amide bonds. The van der Waals surface area contributed by atoms with Crippen molar-refractivity contribution in [3.05, 3.63) is 63.6 Å². The second-order valence-corrected chi connectivity index (χ2v) is 5.45. The summed E-state index contributed by atoms with van der Waals surface area (Å²) >= 11 is 3.48. The first-order valence-electron chi connectivity index (χ1n) is 6.65. The monoisotopic (exact) mass is 355 g/mol. The van der Waals surface area contributed by atoms with Crippen molar-refractivity contribution in [1.29, 1.82) is 0 Å². The van der Waals surface area contributed by atoms with Gasteiger partial charge in [0.2, 0.25) is 0 Å². The van der Waals surface area contributed by atoms with Crippen LogP contribution in [0.2, 0.25) is 0 Å². The topological polar surface area (TPSA) is 21.3 Å². The summed E-state index contributed by atoms with van der Waals surface area (Å²) in [5.74, 6) is -0.537. The molecule has 0 aliphatic rings. The Morgan fingerprint density at radius 1 is 1.10 bits per heavy atom. The van der Waals surface area contributed by atoms with Gasteiger partial charge in [0.1, 0.15) is 24.0 Å². The molecule has 21 heavy (non-hydrogen) atoms. The van der Waals surface area contributed by atoms with Crippen LogP contribution in [-0.2, 0) is 13.2 Å².